The third-order valence-electron chi connectivity index (χ3n) is 2.14. The van der Waals surface area contributed by atoms with Crippen molar-refractivity contribution >= 4 is 6.29 Å². The highest BCUT2D eigenvalue weighted by atomic mass is 16.1. The lowest BCUT2D eigenvalue weighted by molar-refractivity contribution is 0.112. The molecule has 1 aromatic carbocycles. The molecule has 3 heteroatoms. The Morgan fingerprint density at radius 3 is 2.60 bits per heavy atom. The molecule has 0 spiro atoms. The molecular weight excluding hydrogens is 188 g/mol. The van der Waals surface area contributed by atoms with E-state index in [4.69, 9.17) is 0 Å². The molecule has 0 amide bonds. The van der Waals surface area contributed by atoms with Gasteiger partial charge in [-0.2, -0.15) is 0 Å². The number of nitrogens with zero attached hydrogens (tertiary/aromatic N) is 2. The molecule has 2 aromatic rings. The molecule has 3 nitrogen and oxygen atoms in total. The van der Waals surface area contributed by atoms with Crippen molar-refractivity contribution in [1.82, 2.24) is 9.97 Å². The van der Waals surface area contributed by atoms with Gasteiger partial charge in [0.15, 0.2) is 12.1 Å². The molecule has 0 radical (unpaired) electrons. The lowest BCUT2D eigenvalue weighted by Crippen LogP contribution is -1.93. The van der Waals surface area contributed by atoms with Crippen LogP contribution >= 0.6 is 0 Å². The average molecular weight is 198 g/mol. The Bertz CT molecular complexity index is 480. The Morgan fingerprint density at radius 2 is 1.93 bits per heavy atom. The van der Waals surface area contributed by atoms with E-state index in [1.54, 1.807) is 18.5 Å². The van der Waals surface area contributed by atoms with E-state index in [0.717, 1.165) is 17.4 Å². The highest BCUT2D eigenvalue weighted by molar-refractivity contribution is 5.85. The first kappa shape index (κ1) is 9.52. The predicted molar refractivity (Wildman–Crippen MR) is 57.6 cm³/mol. The maximum atomic E-state index is 10.9. The van der Waals surface area contributed by atoms with E-state index in [9.17, 15) is 4.79 Å². The molecule has 74 valence electrons. The maximum absolute atomic E-state index is 10.9. The third kappa shape index (κ3) is 1.91. The van der Waals surface area contributed by atoms with Crippen molar-refractivity contribution < 1.29 is 4.79 Å². The fourth-order valence-electron chi connectivity index (χ4n) is 1.42. The minimum atomic E-state index is 0.583. The fraction of sp³-hybridized carbons (Fsp3) is 0.0833. The van der Waals surface area contributed by atoms with Crippen molar-refractivity contribution in [3.8, 4) is 11.4 Å². The molecule has 0 aliphatic carbocycles. The van der Waals surface area contributed by atoms with Crippen LogP contribution in [0.3, 0.4) is 0 Å². The molecule has 0 saturated heterocycles. The second kappa shape index (κ2) is 4.00. The third-order valence-corrected chi connectivity index (χ3v) is 2.14. The zero-order valence-corrected chi connectivity index (χ0v) is 8.34. The summed E-state index contributed by atoms with van der Waals surface area (Å²) in [4.78, 5) is 19.1. The lowest BCUT2D eigenvalue weighted by atomic mass is 10.1. The summed E-state index contributed by atoms with van der Waals surface area (Å²) in [5, 5.41) is 0. The minimum Gasteiger partial charge on any atom is -0.298 e. The zero-order valence-electron chi connectivity index (χ0n) is 8.34. The van der Waals surface area contributed by atoms with E-state index in [0.29, 0.717) is 11.4 Å². The zero-order chi connectivity index (χ0) is 10.7. The van der Waals surface area contributed by atoms with Crippen molar-refractivity contribution in [3.63, 3.8) is 0 Å². The highest BCUT2D eigenvalue weighted by Crippen LogP contribution is 2.19. The normalized spacial score (nSPS) is 9.93. The first-order valence-electron chi connectivity index (χ1n) is 4.64. The van der Waals surface area contributed by atoms with Crippen molar-refractivity contribution in [1.29, 1.82) is 0 Å². The van der Waals surface area contributed by atoms with Crippen LogP contribution < -0.4 is 0 Å². The second-order valence-electron chi connectivity index (χ2n) is 3.28. The van der Waals surface area contributed by atoms with Crippen molar-refractivity contribution in [2.75, 3.05) is 0 Å². The molecule has 15 heavy (non-hydrogen) atoms. The van der Waals surface area contributed by atoms with Crippen LogP contribution in [-0.4, -0.2) is 16.3 Å². The summed E-state index contributed by atoms with van der Waals surface area (Å²) in [5.41, 5.74) is 2.45. The van der Waals surface area contributed by atoms with Gasteiger partial charge in [0.1, 0.15) is 0 Å². The molecule has 2 rings (SSSR count). The minimum absolute atomic E-state index is 0.583. The molecule has 1 heterocycles. The van der Waals surface area contributed by atoms with Crippen LogP contribution in [0, 0.1) is 6.92 Å². The summed E-state index contributed by atoms with van der Waals surface area (Å²) >= 11 is 0. The molecule has 0 aliphatic heterocycles. The molecular formula is C12H10N2O. The molecule has 0 saturated carbocycles. The average Bonchev–Trinajstić information content (AvgIpc) is 2.30. The molecule has 0 aliphatic rings. The maximum Gasteiger partial charge on any atom is 0.159 e. The van der Waals surface area contributed by atoms with Crippen LogP contribution in [-0.2, 0) is 0 Å². The first-order valence-corrected chi connectivity index (χ1v) is 4.64. The van der Waals surface area contributed by atoms with E-state index < -0.39 is 0 Å². The lowest BCUT2D eigenvalue weighted by Gasteiger charge is -2.03. The van der Waals surface area contributed by atoms with Gasteiger partial charge in [-0.1, -0.05) is 17.7 Å². The molecule has 0 unspecified atom stereocenters. The summed E-state index contributed by atoms with van der Waals surface area (Å²) in [6, 6.07) is 7.39. The van der Waals surface area contributed by atoms with Gasteiger partial charge in [0.05, 0.1) is 0 Å². The van der Waals surface area contributed by atoms with Crippen LogP contribution in [0.25, 0.3) is 11.4 Å². The highest BCUT2D eigenvalue weighted by Gasteiger charge is 2.06. The van der Waals surface area contributed by atoms with Gasteiger partial charge in [-0.05, 0) is 19.1 Å². The van der Waals surface area contributed by atoms with Gasteiger partial charge in [0.2, 0.25) is 0 Å². The summed E-state index contributed by atoms with van der Waals surface area (Å²) in [6.45, 7) is 1.95. The van der Waals surface area contributed by atoms with Crippen LogP contribution in [0.4, 0.5) is 0 Å². The molecule has 0 N–H and O–H groups in total. The number of rotatable bonds is 2. The van der Waals surface area contributed by atoms with Crippen LogP contribution in [0.15, 0.2) is 36.7 Å². The summed E-state index contributed by atoms with van der Waals surface area (Å²) in [5.74, 6) is 0.583. The van der Waals surface area contributed by atoms with E-state index in [1.165, 1.54) is 0 Å². The van der Waals surface area contributed by atoms with Gasteiger partial charge in [0.25, 0.3) is 0 Å². The first-order chi connectivity index (χ1) is 7.31. The van der Waals surface area contributed by atoms with Crippen molar-refractivity contribution in [3.05, 3.63) is 47.8 Å². The number of hydrogen-bond donors (Lipinski definition) is 0. The molecule has 0 fully saturated rings. The smallest absolute Gasteiger partial charge is 0.159 e. The molecule has 0 atom stereocenters. The second-order valence-corrected chi connectivity index (χ2v) is 3.28. The van der Waals surface area contributed by atoms with E-state index in [1.807, 2.05) is 25.1 Å². The Morgan fingerprint density at radius 1 is 1.20 bits per heavy atom. The van der Waals surface area contributed by atoms with E-state index in [-0.39, 0.29) is 0 Å². The van der Waals surface area contributed by atoms with Crippen LogP contribution in [0.5, 0.6) is 0 Å². The molecule has 1 aromatic heterocycles. The van der Waals surface area contributed by atoms with Crippen LogP contribution in [0.1, 0.15) is 15.9 Å². The van der Waals surface area contributed by atoms with E-state index in [2.05, 4.69) is 9.97 Å². The number of benzene rings is 1. The van der Waals surface area contributed by atoms with Gasteiger partial charge < -0.3 is 0 Å². The summed E-state index contributed by atoms with van der Waals surface area (Å²) < 4.78 is 0. The summed E-state index contributed by atoms with van der Waals surface area (Å²) in [6.07, 6.45) is 4.16. The quantitative estimate of drug-likeness (QED) is 0.695. The predicted octanol–water partition coefficient (Wildman–Crippen LogP) is 2.26. The van der Waals surface area contributed by atoms with Gasteiger partial charge >= 0.3 is 0 Å². The SMILES string of the molecule is Cc1ccc(-c2ncccn2)c(C=O)c1. The van der Waals surface area contributed by atoms with Gasteiger partial charge in [-0.3, -0.25) is 4.79 Å². The number of aldehydes is 1. The number of carbonyl (C=O) groups excluding carboxylic acids is 1. The van der Waals surface area contributed by atoms with Crippen molar-refractivity contribution in [2.24, 2.45) is 0 Å². The number of carbonyl (C=O) groups is 1. The Labute approximate surface area is 87.8 Å². The largest absolute Gasteiger partial charge is 0.298 e. The van der Waals surface area contributed by atoms with Crippen LogP contribution in [0.2, 0.25) is 0 Å². The Kier molecular flexibility index (Phi) is 2.54. The number of aryl methyl sites for hydroxylation is 1. The Hall–Kier alpha value is -2.03. The van der Waals surface area contributed by atoms with Crippen molar-refractivity contribution in [2.45, 2.75) is 6.92 Å². The fourth-order valence-corrected chi connectivity index (χ4v) is 1.42. The monoisotopic (exact) mass is 198 g/mol. The number of aromatic nitrogens is 2. The standard InChI is InChI=1S/C12H10N2O/c1-9-3-4-11(10(7-9)8-15)12-13-5-2-6-14-12/h2-8H,1H3. The summed E-state index contributed by atoms with van der Waals surface area (Å²) in [7, 11) is 0. The Balaban J connectivity index is 2.58. The van der Waals surface area contributed by atoms with Gasteiger partial charge in [-0.15, -0.1) is 0 Å². The van der Waals surface area contributed by atoms with Gasteiger partial charge in [0, 0.05) is 23.5 Å². The molecule has 0 bridgehead atoms. The number of hydrogen-bond acceptors (Lipinski definition) is 3. The van der Waals surface area contributed by atoms with E-state index >= 15 is 0 Å². The topological polar surface area (TPSA) is 42.9 Å². The van der Waals surface area contributed by atoms with Gasteiger partial charge in [-0.25, -0.2) is 9.97 Å².